The molecule has 0 atom stereocenters. The van der Waals surface area contributed by atoms with Crippen molar-refractivity contribution in [2.24, 2.45) is 0 Å². The van der Waals surface area contributed by atoms with Gasteiger partial charge in [-0.3, -0.25) is 14.4 Å². The second kappa shape index (κ2) is 6.37. The van der Waals surface area contributed by atoms with E-state index in [0.29, 0.717) is 0 Å². The molecule has 0 aliphatic heterocycles. The number of amides is 1. The Morgan fingerprint density at radius 1 is 1.45 bits per heavy atom. The molecule has 6 nitrogen and oxygen atoms in total. The minimum absolute atomic E-state index is 0.117. The zero-order chi connectivity index (χ0) is 16.4. The van der Waals surface area contributed by atoms with E-state index in [1.165, 1.54) is 33.3 Å². The number of aryl methyl sites for hydroxylation is 1. The Kier molecular flexibility index (Phi) is 4.72. The molecule has 0 spiro atoms. The molecule has 0 fully saturated rings. The second-order valence-corrected chi connectivity index (χ2v) is 5.35. The normalized spacial score (nSPS) is 10.6. The predicted molar refractivity (Wildman–Crippen MR) is 81.3 cm³/mol. The van der Waals surface area contributed by atoms with Crippen molar-refractivity contribution in [3.8, 4) is 5.69 Å². The number of hydrogen-bond donors (Lipinski definition) is 0. The molecule has 0 aliphatic carbocycles. The summed E-state index contributed by atoms with van der Waals surface area (Å²) in [7, 11) is 2.65. The molecule has 1 amide bonds. The largest absolute Gasteiger partial charge is 0.301 e. The number of carbonyl (C=O) groups is 1. The van der Waals surface area contributed by atoms with E-state index in [0.717, 1.165) is 9.75 Å². The summed E-state index contributed by atoms with van der Waals surface area (Å²) in [5.41, 5.74) is -0.488. The fourth-order valence-corrected chi connectivity index (χ4v) is 2.13. The van der Waals surface area contributed by atoms with Crippen LogP contribution < -0.4 is 5.43 Å². The zero-order valence-electron chi connectivity index (χ0n) is 12.1. The van der Waals surface area contributed by atoms with E-state index in [1.54, 1.807) is 12.1 Å². The van der Waals surface area contributed by atoms with Crippen LogP contribution >= 0.6 is 15.9 Å². The summed E-state index contributed by atoms with van der Waals surface area (Å²) in [6.07, 6.45) is 1.37. The highest BCUT2D eigenvalue weighted by atomic mass is 79.9. The maximum atomic E-state index is 14.2. The van der Waals surface area contributed by atoms with Crippen molar-refractivity contribution in [1.82, 2.24) is 14.8 Å². The molecule has 0 aliphatic rings. The maximum Gasteiger partial charge on any atom is 0.301 e. The molecule has 8 heteroatoms. The van der Waals surface area contributed by atoms with E-state index >= 15 is 0 Å². The van der Waals surface area contributed by atoms with Gasteiger partial charge in [-0.05, 0) is 35.0 Å². The number of nitrogens with zero attached hydrogens (tertiary/aromatic N) is 3. The number of benzene rings is 1. The van der Waals surface area contributed by atoms with Gasteiger partial charge in [0.15, 0.2) is 11.5 Å². The van der Waals surface area contributed by atoms with Crippen LogP contribution in [0.4, 0.5) is 4.39 Å². The number of hydrogen-bond acceptors (Lipinski definition) is 4. The van der Waals surface area contributed by atoms with E-state index in [-0.39, 0.29) is 21.4 Å². The molecule has 1 aromatic carbocycles. The van der Waals surface area contributed by atoms with Crippen molar-refractivity contribution in [2.75, 3.05) is 14.2 Å². The standard InChI is InChI=1S/C14H13BrFN3O3/c1-8-7-19(10-6-4-5-9(15)11(10)16)17-12(13(8)20)14(21)18(2)22-3/h4-7H,1-3H3. The van der Waals surface area contributed by atoms with Gasteiger partial charge in [-0.25, -0.2) is 14.1 Å². The molecule has 1 aromatic heterocycles. The van der Waals surface area contributed by atoms with Gasteiger partial charge < -0.3 is 0 Å². The molecule has 116 valence electrons. The maximum absolute atomic E-state index is 14.2. The van der Waals surface area contributed by atoms with Crippen LogP contribution in [-0.4, -0.2) is 34.9 Å². The first-order valence-electron chi connectivity index (χ1n) is 6.24. The molecule has 0 saturated heterocycles. The predicted octanol–water partition coefficient (Wildman–Crippen LogP) is 2.08. The van der Waals surface area contributed by atoms with Crippen LogP contribution in [0.2, 0.25) is 0 Å². The average molecular weight is 370 g/mol. The van der Waals surface area contributed by atoms with Crippen molar-refractivity contribution >= 4 is 21.8 Å². The summed E-state index contributed by atoms with van der Waals surface area (Å²) in [4.78, 5) is 29.0. The first kappa shape index (κ1) is 16.3. The first-order chi connectivity index (χ1) is 10.4. The smallest absolute Gasteiger partial charge is 0.287 e. The van der Waals surface area contributed by atoms with E-state index in [9.17, 15) is 14.0 Å². The molecule has 0 radical (unpaired) electrons. The monoisotopic (exact) mass is 369 g/mol. The highest BCUT2D eigenvalue weighted by Gasteiger charge is 2.20. The summed E-state index contributed by atoms with van der Waals surface area (Å²) in [6.45, 7) is 1.53. The van der Waals surface area contributed by atoms with Crippen molar-refractivity contribution < 1.29 is 14.0 Å². The molecular weight excluding hydrogens is 357 g/mol. The highest BCUT2D eigenvalue weighted by Crippen LogP contribution is 2.21. The Labute approximate surface area is 134 Å². The van der Waals surface area contributed by atoms with E-state index in [4.69, 9.17) is 4.84 Å². The molecule has 0 bridgehead atoms. The van der Waals surface area contributed by atoms with Crippen molar-refractivity contribution in [3.05, 3.63) is 56.2 Å². The second-order valence-electron chi connectivity index (χ2n) is 4.49. The van der Waals surface area contributed by atoms with Gasteiger partial charge in [-0.2, -0.15) is 5.10 Å². The Hall–Kier alpha value is -2.06. The number of aromatic nitrogens is 2. The summed E-state index contributed by atoms with van der Waals surface area (Å²) in [5.74, 6) is -1.25. The summed E-state index contributed by atoms with van der Waals surface area (Å²) in [5, 5.41) is 4.83. The quantitative estimate of drug-likeness (QED) is 0.777. The molecule has 0 unspecified atom stereocenters. The lowest BCUT2D eigenvalue weighted by Gasteiger charge is -2.14. The summed E-state index contributed by atoms with van der Waals surface area (Å²) < 4.78 is 15.6. The molecule has 2 rings (SSSR count). The minimum atomic E-state index is -0.708. The van der Waals surface area contributed by atoms with Crippen LogP contribution in [0.15, 0.2) is 33.7 Å². The number of carbonyl (C=O) groups excluding carboxylic acids is 1. The van der Waals surface area contributed by atoms with Gasteiger partial charge in [-0.1, -0.05) is 6.07 Å². The SMILES string of the molecule is CON(C)C(=O)c1nn(-c2cccc(Br)c2F)cc(C)c1=O. The third kappa shape index (κ3) is 2.93. The lowest BCUT2D eigenvalue weighted by molar-refractivity contribution is -0.0762. The van der Waals surface area contributed by atoms with Gasteiger partial charge in [0, 0.05) is 18.8 Å². The molecular formula is C14H13BrFN3O3. The molecule has 1 heterocycles. The van der Waals surface area contributed by atoms with Crippen molar-refractivity contribution in [1.29, 1.82) is 0 Å². The van der Waals surface area contributed by atoms with Crippen LogP contribution in [0.25, 0.3) is 5.69 Å². The van der Waals surface area contributed by atoms with Gasteiger partial charge >= 0.3 is 5.91 Å². The van der Waals surface area contributed by atoms with Crippen molar-refractivity contribution in [3.63, 3.8) is 0 Å². The lowest BCUT2D eigenvalue weighted by Crippen LogP contribution is -2.33. The molecule has 22 heavy (non-hydrogen) atoms. The van der Waals surface area contributed by atoms with E-state index < -0.39 is 17.2 Å². The topological polar surface area (TPSA) is 64.4 Å². The third-order valence-corrected chi connectivity index (χ3v) is 3.65. The van der Waals surface area contributed by atoms with Gasteiger partial charge in [0.2, 0.25) is 5.43 Å². The first-order valence-corrected chi connectivity index (χ1v) is 7.03. The molecule has 0 N–H and O–H groups in total. The third-order valence-electron chi connectivity index (χ3n) is 3.04. The van der Waals surface area contributed by atoms with Crippen LogP contribution in [-0.2, 0) is 4.84 Å². The Bertz CT molecular complexity index is 791. The van der Waals surface area contributed by atoms with Crippen LogP contribution in [0, 0.1) is 12.7 Å². The van der Waals surface area contributed by atoms with Gasteiger partial charge in [0.25, 0.3) is 0 Å². The fraction of sp³-hybridized carbons (Fsp3) is 0.214. The van der Waals surface area contributed by atoms with Crippen LogP contribution in [0.3, 0.4) is 0 Å². The highest BCUT2D eigenvalue weighted by molar-refractivity contribution is 9.10. The Morgan fingerprint density at radius 2 is 2.14 bits per heavy atom. The minimum Gasteiger partial charge on any atom is -0.287 e. The van der Waals surface area contributed by atoms with Gasteiger partial charge in [0.05, 0.1) is 11.6 Å². The Balaban J connectivity index is 2.65. The summed E-state index contributed by atoms with van der Waals surface area (Å²) >= 11 is 3.09. The zero-order valence-corrected chi connectivity index (χ0v) is 13.7. The van der Waals surface area contributed by atoms with Crippen LogP contribution in [0.5, 0.6) is 0 Å². The van der Waals surface area contributed by atoms with E-state index in [1.807, 2.05) is 0 Å². The molecule has 0 saturated carbocycles. The lowest BCUT2D eigenvalue weighted by atomic mass is 10.2. The average Bonchev–Trinajstić information content (AvgIpc) is 2.51. The van der Waals surface area contributed by atoms with Crippen molar-refractivity contribution in [2.45, 2.75) is 6.92 Å². The number of hydroxylamine groups is 2. The van der Waals surface area contributed by atoms with Crippen LogP contribution in [0.1, 0.15) is 16.1 Å². The number of rotatable bonds is 3. The van der Waals surface area contributed by atoms with Gasteiger partial charge in [0.1, 0.15) is 5.69 Å². The van der Waals surface area contributed by atoms with Gasteiger partial charge in [-0.15, -0.1) is 0 Å². The molecule has 2 aromatic rings. The summed E-state index contributed by atoms with van der Waals surface area (Å²) in [6, 6.07) is 4.66. The van der Waals surface area contributed by atoms with E-state index in [2.05, 4.69) is 21.0 Å². The Morgan fingerprint density at radius 3 is 2.77 bits per heavy atom. The number of halogens is 2. The fourth-order valence-electron chi connectivity index (χ4n) is 1.78.